The Bertz CT molecular complexity index is 663. The molecule has 0 fully saturated rings. The van der Waals surface area contributed by atoms with Crippen molar-refractivity contribution in [3.05, 3.63) is 52.8 Å². The highest BCUT2D eigenvalue weighted by Gasteiger charge is 2.08. The molecule has 0 saturated carbocycles. The molecule has 1 heterocycles. The number of rotatable bonds is 9. The van der Waals surface area contributed by atoms with E-state index in [2.05, 4.69) is 27.5 Å². The zero-order valence-corrected chi connectivity index (χ0v) is 14.6. The number of benzene rings is 1. The van der Waals surface area contributed by atoms with E-state index in [0.717, 1.165) is 36.3 Å². The van der Waals surface area contributed by atoms with Crippen molar-refractivity contribution in [1.29, 1.82) is 0 Å². The SMILES string of the molecule is CCCCCNC(=O)c1ccnc(NCCc2cccc(Cl)c2)n1. The summed E-state index contributed by atoms with van der Waals surface area (Å²) in [4.78, 5) is 20.5. The largest absolute Gasteiger partial charge is 0.354 e. The highest BCUT2D eigenvalue weighted by molar-refractivity contribution is 6.30. The highest BCUT2D eigenvalue weighted by Crippen LogP contribution is 2.11. The first-order chi connectivity index (χ1) is 11.7. The minimum absolute atomic E-state index is 0.161. The van der Waals surface area contributed by atoms with Crippen LogP contribution in [0.3, 0.4) is 0 Å². The maximum atomic E-state index is 12.0. The smallest absolute Gasteiger partial charge is 0.270 e. The molecule has 1 amide bonds. The van der Waals surface area contributed by atoms with Crippen LogP contribution in [-0.4, -0.2) is 29.0 Å². The molecule has 0 aliphatic rings. The van der Waals surface area contributed by atoms with Gasteiger partial charge in [0.15, 0.2) is 0 Å². The molecule has 2 N–H and O–H groups in total. The van der Waals surface area contributed by atoms with Gasteiger partial charge in [0.2, 0.25) is 5.95 Å². The number of nitrogens with one attached hydrogen (secondary N) is 2. The minimum atomic E-state index is -0.161. The quantitative estimate of drug-likeness (QED) is 0.679. The molecular weight excluding hydrogens is 324 g/mol. The summed E-state index contributed by atoms with van der Waals surface area (Å²) in [6.45, 7) is 3.48. The second kappa shape index (κ2) is 9.88. The van der Waals surface area contributed by atoms with Crippen LogP contribution in [0.4, 0.5) is 5.95 Å². The molecule has 0 spiro atoms. The summed E-state index contributed by atoms with van der Waals surface area (Å²) in [6.07, 6.45) is 5.62. The van der Waals surface area contributed by atoms with Crippen LogP contribution >= 0.6 is 11.6 Å². The normalized spacial score (nSPS) is 10.4. The zero-order chi connectivity index (χ0) is 17.2. The van der Waals surface area contributed by atoms with Gasteiger partial charge in [-0.05, 0) is 36.6 Å². The van der Waals surface area contributed by atoms with E-state index in [1.807, 2.05) is 24.3 Å². The van der Waals surface area contributed by atoms with Gasteiger partial charge in [-0.25, -0.2) is 9.97 Å². The molecule has 0 bridgehead atoms. The Morgan fingerprint density at radius 3 is 2.88 bits per heavy atom. The van der Waals surface area contributed by atoms with E-state index in [9.17, 15) is 4.79 Å². The number of carbonyl (C=O) groups excluding carboxylic acids is 1. The minimum Gasteiger partial charge on any atom is -0.354 e. The molecule has 5 nitrogen and oxygen atoms in total. The lowest BCUT2D eigenvalue weighted by molar-refractivity contribution is 0.0948. The fraction of sp³-hybridized carbons (Fsp3) is 0.389. The van der Waals surface area contributed by atoms with E-state index < -0.39 is 0 Å². The first kappa shape index (κ1) is 18.2. The van der Waals surface area contributed by atoms with Crippen molar-refractivity contribution < 1.29 is 4.79 Å². The summed E-state index contributed by atoms with van der Waals surface area (Å²) < 4.78 is 0. The van der Waals surface area contributed by atoms with Gasteiger partial charge < -0.3 is 10.6 Å². The van der Waals surface area contributed by atoms with Crippen LogP contribution < -0.4 is 10.6 Å². The molecule has 0 radical (unpaired) electrons. The third-order valence-corrected chi connectivity index (χ3v) is 3.78. The van der Waals surface area contributed by atoms with Gasteiger partial charge in [0, 0.05) is 24.3 Å². The summed E-state index contributed by atoms with van der Waals surface area (Å²) in [7, 11) is 0. The lowest BCUT2D eigenvalue weighted by Gasteiger charge is -2.07. The van der Waals surface area contributed by atoms with E-state index in [1.165, 1.54) is 0 Å². The van der Waals surface area contributed by atoms with Gasteiger partial charge in [-0.15, -0.1) is 0 Å². The van der Waals surface area contributed by atoms with Gasteiger partial charge in [-0.2, -0.15) is 0 Å². The number of anilines is 1. The average molecular weight is 347 g/mol. The molecule has 1 aromatic carbocycles. The lowest BCUT2D eigenvalue weighted by atomic mass is 10.1. The fourth-order valence-corrected chi connectivity index (χ4v) is 2.46. The van der Waals surface area contributed by atoms with E-state index >= 15 is 0 Å². The average Bonchev–Trinajstić information content (AvgIpc) is 2.59. The lowest BCUT2D eigenvalue weighted by Crippen LogP contribution is -2.25. The molecular formula is C18H23ClN4O. The molecule has 0 aliphatic carbocycles. The number of hydrogen-bond donors (Lipinski definition) is 2. The van der Waals surface area contributed by atoms with Crippen molar-refractivity contribution in [1.82, 2.24) is 15.3 Å². The van der Waals surface area contributed by atoms with Crippen molar-refractivity contribution in [3.63, 3.8) is 0 Å². The Morgan fingerprint density at radius 2 is 2.08 bits per heavy atom. The number of carbonyl (C=O) groups is 1. The number of nitrogens with zero attached hydrogens (tertiary/aromatic N) is 2. The van der Waals surface area contributed by atoms with Crippen LogP contribution in [0, 0.1) is 0 Å². The van der Waals surface area contributed by atoms with Crippen LogP contribution in [0.25, 0.3) is 0 Å². The Balaban J connectivity index is 1.82. The Kier molecular flexibility index (Phi) is 7.49. The first-order valence-electron chi connectivity index (χ1n) is 8.28. The van der Waals surface area contributed by atoms with Crippen LogP contribution in [0.2, 0.25) is 5.02 Å². The second-order valence-corrected chi connectivity index (χ2v) is 5.97. The monoisotopic (exact) mass is 346 g/mol. The van der Waals surface area contributed by atoms with Gasteiger partial charge >= 0.3 is 0 Å². The predicted molar refractivity (Wildman–Crippen MR) is 97.5 cm³/mol. The Morgan fingerprint density at radius 1 is 1.21 bits per heavy atom. The van der Waals surface area contributed by atoms with Crippen molar-refractivity contribution in [2.24, 2.45) is 0 Å². The number of aromatic nitrogens is 2. The standard InChI is InChI=1S/C18H23ClN4O/c1-2-3-4-10-20-17(24)16-9-12-22-18(23-16)21-11-8-14-6-5-7-15(19)13-14/h5-7,9,12-13H,2-4,8,10-11H2,1H3,(H,20,24)(H,21,22,23). The van der Waals surface area contributed by atoms with Crippen LogP contribution in [0.1, 0.15) is 42.2 Å². The summed E-state index contributed by atoms with van der Waals surface area (Å²) in [6, 6.07) is 9.36. The maximum absolute atomic E-state index is 12.0. The predicted octanol–water partition coefficient (Wildman–Crippen LogP) is 3.70. The molecule has 1 aromatic heterocycles. The molecule has 2 aromatic rings. The van der Waals surface area contributed by atoms with E-state index in [4.69, 9.17) is 11.6 Å². The van der Waals surface area contributed by atoms with Crippen LogP contribution in [0.15, 0.2) is 36.5 Å². The van der Waals surface area contributed by atoms with Crippen molar-refractivity contribution >= 4 is 23.5 Å². The number of hydrogen-bond acceptors (Lipinski definition) is 4. The van der Waals surface area contributed by atoms with E-state index in [0.29, 0.717) is 24.7 Å². The molecule has 6 heteroatoms. The van der Waals surface area contributed by atoms with Gasteiger partial charge in [0.1, 0.15) is 5.69 Å². The molecule has 0 saturated heterocycles. The van der Waals surface area contributed by atoms with E-state index in [-0.39, 0.29) is 5.91 Å². The van der Waals surface area contributed by atoms with Crippen molar-refractivity contribution in [2.45, 2.75) is 32.6 Å². The highest BCUT2D eigenvalue weighted by atomic mass is 35.5. The Hall–Kier alpha value is -2.14. The summed E-state index contributed by atoms with van der Waals surface area (Å²) in [5.41, 5.74) is 1.52. The molecule has 0 unspecified atom stereocenters. The first-order valence-corrected chi connectivity index (χ1v) is 8.66. The molecule has 128 valence electrons. The van der Waals surface area contributed by atoms with Crippen molar-refractivity contribution in [3.8, 4) is 0 Å². The number of halogens is 1. The van der Waals surface area contributed by atoms with E-state index in [1.54, 1.807) is 12.3 Å². The van der Waals surface area contributed by atoms with Gasteiger partial charge in [-0.1, -0.05) is 43.5 Å². The second-order valence-electron chi connectivity index (χ2n) is 5.54. The molecule has 2 rings (SSSR count). The Labute approximate surface area is 147 Å². The number of unbranched alkanes of at least 4 members (excludes halogenated alkanes) is 2. The third kappa shape index (κ3) is 6.16. The summed E-state index contributed by atoms with van der Waals surface area (Å²) in [5.74, 6) is 0.296. The summed E-state index contributed by atoms with van der Waals surface area (Å²) >= 11 is 5.97. The topological polar surface area (TPSA) is 66.9 Å². The third-order valence-electron chi connectivity index (χ3n) is 3.54. The molecule has 0 aliphatic heterocycles. The van der Waals surface area contributed by atoms with Gasteiger partial charge in [0.25, 0.3) is 5.91 Å². The summed E-state index contributed by atoms with van der Waals surface area (Å²) in [5, 5.41) is 6.74. The zero-order valence-electron chi connectivity index (χ0n) is 13.9. The van der Waals surface area contributed by atoms with Crippen molar-refractivity contribution in [2.75, 3.05) is 18.4 Å². The van der Waals surface area contributed by atoms with Gasteiger partial charge in [-0.3, -0.25) is 4.79 Å². The molecule has 0 atom stereocenters. The van der Waals surface area contributed by atoms with Crippen LogP contribution in [0.5, 0.6) is 0 Å². The van der Waals surface area contributed by atoms with Gasteiger partial charge in [0.05, 0.1) is 0 Å². The van der Waals surface area contributed by atoms with Crippen LogP contribution in [-0.2, 0) is 6.42 Å². The molecule has 24 heavy (non-hydrogen) atoms. The number of amides is 1. The maximum Gasteiger partial charge on any atom is 0.270 e. The fourth-order valence-electron chi connectivity index (χ4n) is 2.25.